The largest absolute Gasteiger partial charge is 0.360 e. The Kier molecular flexibility index (Phi) is 5.77. The standard InChI is InChI=1S/C17H25N3OS/c1-4-6-13(3)18-17(22)19-14-9-8-12(2)15(11-14)20-10-5-7-16(20)21/h8-9,11,13H,4-7,10H2,1-3H3,(H2,18,19,22)/t13-/m1/s1. The second kappa shape index (κ2) is 7.58. The minimum atomic E-state index is 0.206. The van der Waals surface area contributed by atoms with Gasteiger partial charge in [-0.3, -0.25) is 4.79 Å². The van der Waals surface area contributed by atoms with Gasteiger partial charge in [-0.15, -0.1) is 0 Å². The van der Waals surface area contributed by atoms with E-state index in [1.54, 1.807) is 0 Å². The minimum absolute atomic E-state index is 0.206. The van der Waals surface area contributed by atoms with E-state index in [-0.39, 0.29) is 5.91 Å². The maximum atomic E-state index is 11.9. The van der Waals surface area contributed by atoms with Crippen molar-refractivity contribution in [1.82, 2.24) is 5.32 Å². The first-order valence-corrected chi connectivity index (χ1v) is 8.40. The fourth-order valence-corrected chi connectivity index (χ4v) is 3.10. The average Bonchev–Trinajstić information content (AvgIpc) is 2.87. The van der Waals surface area contributed by atoms with Gasteiger partial charge in [0.15, 0.2) is 5.11 Å². The van der Waals surface area contributed by atoms with Gasteiger partial charge in [0, 0.05) is 30.4 Å². The molecule has 5 heteroatoms. The molecule has 1 saturated heterocycles. The van der Waals surface area contributed by atoms with Crippen molar-refractivity contribution in [3.8, 4) is 0 Å². The summed E-state index contributed by atoms with van der Waals surface area (Å²) in [6, 6.07) is 6.39. The van der Waals surface area contributed by atoms with E-state index in [0.29, 0.717) is 17.6 Å². The van der Waals surface area contributed by atoms with Crippen molar-refractivity contribution in [2.24, 2.45) is 0 Å². The average molecular weight is 319 g/mol. The highest BCUT2D eigenvalue weighted by molar-refractivity contribution is 7.80. The summed E-state index contributed by atoms with van der Waals surface area (Å²) in [6.45, 7) is 7.12. The zero-order valence-corrected chi connectivity index (χ0v) is 14.4. The van der Waals surface area contributed by atoms with Crippen molar-refractivity contribution in [2.45, 2.75) is 52.5 Å². The zero-order chi connectivity index (χ0) is 16.1. The number of thiocarbonyl (C=S) groups is 1. The Hall–Kier alpha value is -1.62. The first-order chi connectivity index (χ1) is 10.5. The van der Waals surface area contributed by atoms with Crippen LogP contribution < -0.4 is 15.5 Å². The van der Waals surface area contributed by atoms with Crippen LogP contribution in [0.3, 0.4) is 0 Å². The molecule has 2 rings (SSSR count). The molecule has 1 atom stereocenters. The van der Waals surface area contributed by atoms with Gasteiger partial charge in [0.2, 0.25) is 5.91 Å². The monoisotopic (exact) mass is 319 g/mol. The Bertz CT molecular complexity index is 559. The maximum Gasteiger partial charge on any atom is 0.227 e. The topological polar surface area (TPSA) is 44.4 Å². The van der Waals surface area contributed by atoms with Crippen LogP contribution in [0.25, 0.3) is 0 Å². The lowest BCUT2D eigenvalue weighted by atomic mass is 10.1. The van der Waals surface area contributed by atoms with Crippen molar-refractivity contribution in [1.29, 1.82) is 0 Å². The van der Waals surface area contributed by atoms with Crippen molar-refractivity contribution in [3.05, 3.63) is 23.8 Å². The Morgan fingerprint density at radius 1 is 1.45 bits per heavy atom. The number of rotatable bonds is 5. The number of carbonyl (C=O) groups is 1. The lowest BCUT2D eigenvalue weighted by Gasteiger charge is -2.21. The number of nitrogens with one attached hydrogen (secondary N) is 2. The summed E-state index contributed by atoms with van der Waals surface area (Å²) in [5.74, 6) is 0.206. The van der Waals surface area contributed by atoms with E-state index in [2.05, 4.69) is 24.5 Å². The van der Waals surface area contributed by atoms with Crippen LogP contribution in [0.15, 0.2) is 18.2 Å². The molecule has 120 valence electrons. The molecule has 0 unspecified atom stereocenters. The second-order valence-electron chi connectivity index (χ2n) is 5.94. The highest BCUT2D eigenvalue weighted by atomic mass is 32.1. The molecular formula is C17H25N3OS. The third-order valence-electron chi connectivity index (χ3n) is 3.93. The lowest BCUT2D eigenvalue weighted by Crippen LogP contribution is -2.35. The van der Waals surface area contributed by atoms with Gasteiger partial charge in [0.1, 0.15) is 0 Å². The molecule has 1 aromatic carbocycles. The predicted octanol–water partition coefficient (Wildman–Crippen LogP) is 3.60. The van der Waals surface area contributed by atoms with E-state index in [1.807, 2.05) is 30.0 Å². The Morgan fingerprint density at radius 3 is 2.86 bits per heavy atom. The molecule has 1 fully saturated rings. The highest BCUT2D eigenvalue weighted by Gasteiger charge is 2.23. The number of aryl methyl sites for hydroxylation is 1. The van der Waals surface area contributed by atoms with Crippen LogP contribution in [0.4, 0.5) is 11.4 Å². The van der Waals surface area contributed by atoms with Gasteiger partial charge in [0.05, 0.1) is 0 Å². The van der Waals surface area contributed by atoms with Gasteiger partial charge in [0.25, 0.3) is 0 Å². The molecule has 4 nitrogen and oxygen atoms in total. The summed E-state index contributed by atoms with van der Waals surface area (Å²) in [7, 11) is 0. The highest BCUT2D eigenvalue weighted by Crippen LogP contribution is 2.28. The third kappa shape index (κ3) is 4.19. The maximum absolute atomic E-state index is 11.9. The van der Waals surface area contributed by atoms with E-state index in [4.69, 9.17) is 12.2 Å². The Balaban J connectivity index is 2.06. The molecular weight excluding hydrogens is 294 g/mol. The van der Waals surface area contributed by atoms with Gasteiger partial charge in [-0.25, -0.2) is 0 Å². The van der Waals surface area contributed by atoms with E-state index >= 15 is 0 Å². The molecule has 1 amide bonds. The number of benzene rings is 1. The molecule has 0 aromatic heterocycles. The lowest BCUT2D eigenvalue weighted by molar-refractivity contribution is -0.117. The van der Waals surface area contributed by atoms with E-state index in [0.717, 1.165) is 42.7 Å². The quantitative estimate of drug-likeness (QED) is 0.814. The fraction of sp³-hybridized carbons (Fsp3) is 0.529. The zero-order valence-electron chi connectivity index (χ0n) is 13.6. The fourth-order valence-electron chi connectivity index (χ4n) is 2.78. The summed E-state index contributed by atoms with van der Waals surface area (Å²) in [6.07, 6.45) is 3.79. The summed E-state index contributed by atoms with van der Waals surface area (Å²) in [4.78, 5) is 13.8. The van der Waals surface area contributed by atoms with Crippen molar-refractivity contribution in [2.75, 3.05) is 16.8 Å². The molecule has 0 aliphatic carbocycles. The van der Waals surface area contributed by atoms with Crippen molar-refractivity contribution >= 4 is 34.6 Å². The summed E-state index contributed by atoms with van der Waals surface area (Å²) >= 11 is 5.36. The number of hydrogen-bond donors (Lipinski definition) is 2. The molecule has 0 radical (unpaired) electrons. The minimum Gasteiger partial charge on any atom is -0.360 e. The first kappa shape index (κ1) is 16.7. The number of hydrogen-bond acceptors (Lipinski definition) is 2. The SMILES string of the molecule is CCC[C@@H](C)NC(=S)Nc1ccc(C)c(N2CCCC2=O)c1. The predicted molar refractivity (Wildman–Crippen MR) is 96.5 cm³/mol. The third-order valence-corrected chi connectivity index (χ3v) is 4.15. The Labute approximate surface area is 138 Å². The molecule has 1 heterocycles. The smallest absolute Gasteiger partial charge is 0.227 e. The number of amides is 1. The summed E-state index contributed by atoms with van der Waals surface area (Å²) in [5.41, 5.74) is 3.01. The van der Waals surface area contributed by atoms with Gasteiger partial charge < -0.3 is 15.5 Å². The van der Waals surface area contributed by atoms with Crippen molar-refractivity contribution < 1.29 is 4.79 Å². The molecule has 22 heavy (non-hydrogen) atoms. The number of carbonyl (C=O) groups excluding carboxylic acids is 1. The molecule has 0 spiro atoms. The molecule has 1 aliphatic heterocycles. The van der Waals surface area contributed by atoms with E-state index in [1.165, 1.54) is 0 Å². The molecule has 0 saturated carbocycles. The van der Waals surface area contributed by atoms with Crippen LogP contribution >= 0.6 is 12.2 Å². The van der Waals surface area contributed by atoms with Crippen LogP contribution in [0.1, 0.15) is 45.1 Å². The first-order valence-electron chi connectivity index (χ1n) is 7.99. The molecule has 1 aromatic rings. The van der Waals surface area contributed by atoms with Crippen LogP contribution in [0.2, 0.25) is 0 Å². The summed E-state index contributed by atoms with van der Waals surface area (Å²) in [5, 5.41) is 7.13. The summed E-state index contributed by atoms with van der Waals surface area (Å²) < 4.78 is 0. The van der Waals surface area contributed by atoms with Crippen LogP contribution in [0.5, 0.6) is 0 Å². The molecule has 0 bridgehead atoms. The number of nitrogens with zero attached hydrogens (tertiary/aromatic N) is 1. The van der Waals surface area contributed by atoms with Gasteiger partial charge in [-0.1, -0.05) is 19.4 Å². The second-order valence-corrected chi connectivity index (χ2v) is 6.35. The van der Waals surface area contributed by atoms with Gasteiger partial charge in [-0.05, 0) is 56.6 Å². The van der Waals surface area contributed by atoms with Crippen LogP contribution in [0, 0.1) is 6.92 Å². The Morgan fingerprint density at radius 2 is 2.23 bits per heavy atom. The van der Waals surface area contributed by atoms with Gasteiger partial charge >= 0.3 is 0 Å². The number of anilines is 2. The van der Waals surface area contributed by atoms with Crippen LogP contribution in [-0.2, 0) is 4.79 Å². The molecule has 1 aliphatic rings. The van der Waals surface area contributed by atoms with Gasteiger partial charge in [-0.2, -0.15) is 0 Å². The normalized spacial score (nSPS) is 15.8. The van der Waals surface area contributed by atoms with Crippen LogP contribution in [-0.4, -0.2) is 23.6 Å². The molecule has 2 N–H and O–H groups in total. The van der Waals surface area contributed by atoms with E-state index < -0.39 is 0 Å². The van der Waals surface area contributed by atoms with Crippen molar-refractivity contribution in [3.63, 3.8) is 0 Å². The van der Waals surface area contributed by atoms with E-state index in [9.17, 15) is 4.79 Å².